The number of carbonyl (C=O) groups excluding carboxylic acids is 1. The smallest absolute Gasteiger partial charge is 0.322 e. The Balaban J connectivity index is 1.32. The van der Waals surface area contributed by atoms with Crippen LogP contribution in [0.5, 0.6) is 0 Å². The molecule has 4 rings (SSSR count). The molecule has 0 saturated carbocycles. The van der Waals surface area contributed by atoms with Crippen molar-refractivity contribution in [2.75, 3.05) is 31.5 Å². The predicted octanol–water partition coefficient (Wildman–Crippen LogP) is 3.49. The van der Waals surface area contributed by atoms with Crippen LogP contribution in [0.1, 0.15) is 5.56 Å². The molecule has 1 fully saturated rings. The second kappa shape index (κ2) is 8.95. The van der Waals surface area contributed by atoms with E-state index in [9.17, 15) is 13.2 Å². The van der Waals surface area contributed by atoms with Crippen molar-refractivity contribution in [1.82, 2.24) is 14.2 Å². The van der Waals surface area contributed by atoms with Crippen molar-refractivity contribution in [3.8, 4) is 11.3 Å². The van der Waals surface area contributed by atoms with Crippen LogP contribution in [-0.2, 0) is 15.8 Å². The average molecular weight is 443 g/mol. The number of piperazine rings is 1. The molecule has 156 valence electrons. The molecule has 0 spiro atoms. The monoisotopic (exact) mass is 442 g/mol. The number of hydrogen-bond acceptors (Lipinski definition) is 5. The van der Waals surface area contributed by atoms with Crippen LogP contribution in [0.25, 0.3) is 11.3 Å². The van der Waals surface area contributed by atoms with Gasteiger partial charge >= 0.3 is 6.03 Å². The highest BCUT2D eigenvalue weighted by molar-refractivity contribution is 7.88. The SMILES string of the molecule is O=C(Nc1nc(-c2ccccc2)cs1)N1CCN(S(=O)(=O)Cc2ccccc2)CC1. The zero-order valence-corrected chi connectivity index (χ0v) is 17.9. The number of urea groups is 1. The molecular weight excluding hydrogens is 420 g/mol. The molecule has 30 heavy (non-hydrogen) atoms. The van der Waals surface area contributed by atoms with Crippen LogP contribution in [-0.4, -0.2) is 54.8 Å². The number of nitrogens with zero attached hydrogens (tertiary/aromatic N) is 3. The Morgan fingerprint density at radius 2 is 1.60 bits per heavy atom. The van der Waals surface area contributed by atoms with Gasteiger partial charge in [-0.25, -0.2) is 18.2 Å². The summed E-state index contributed by atoms with van der Waals surface area (Å²) >= 11 is 1.37. The summed E-state index contributed by atoms with van der Waals surface area (Å²) in [6.07, 6.45) is 0. The highest BCUT2D eigenvalue weighted by Gasteiger charge is 2.29. The van der Waals surface area contributed by atoms with Crippen LogP contribution >= 0.6 is 11.3 Å². The Morgan fingerprint density at radius 3 is 2.27 bits per heavy atom. The molecule has 1 aliphatic heterocycles. The fraction of sp³-hybridized carbons (Fsp3) is 0.238. The first-order valence-corrected chi connectivity index (χ1v) is 12.1. The maximum Gasteiger partial charge on any atom is 0.323 e. The summed E-state index contributed by atoms with van der Waals surface area (Å²) in [5, 5.41) is 5.25. The number of carbonyl (C=O) groups is 1. The van der Waals surface area contributed by atoms with E-state index in [0.29, 0.717) is 18.2 Å². The summed E-state index contributed by atoms with van der Waals surface area (Å²) in [4.78, 5) is 18.7. The third-order valence-electron chi connectivity index (χ3n) is 4.90. The van der Waals surface area contributed by atoms with Crippen molar-refractivity contribution < 1.29 is 13.2 Å². The van der Waals surface area contributed by atoms with E-state index in [0.717, 1.165) is 16.8 Å². The number of hydrogen-bond donors (Lipinski definition) is 1. The van der Waals surface area contributed by atoms with E-state index >= 15 is 0 Å². The molecule has 7 nitrogen and oxygen atoms in total. The Labute approximate surface area is 180 Å². The molecule has 9 heteroatoms. The fourth-order valence-corrected chi connectivity index (χ4v) is 5.51. The van der Waals surface area contributed by atoms with Gasteiger partial charge in [-0.15, -0.1) is 11.3 Å². The number of rotatable bonds is 5. The van der Waals surface area contributed by atoms with Gasteiger partial charge in [-0.2, -0.15) is 4.31 Å². The van der Waals surface area contributed by atoms with Crippen molar-refractivity contribution >= 4 is 32.5 Å². The van der Waals surface area contributed by atoms with Crippen LogP contribution < -0.4 is 5.32 Å². The van der Waals surface area contributed by atoms with E-state index in [2.05, 4.69) is 10.3 Å². The normalized spacial score (nSPS) is 15.1. The Kier molecular flexibility index (Phi) is 6.12. The minimum Gasteiger partial charge on any atom is -0.322 e. The average Bonchev–Trinajstić information content (AvgIpc) is 3.23. The Bertz CT molecular complexity index is 1090. The molecule has 1 aliphatic rings. The first-order valence-electron chi connectivity index (χ1n) is 9.60. The maximum atomic E-state index is 12.7. The predicted molar refractivity (Wildman–Crippen MR) is 119 cm³/mol. The van der Waals surface area contributed by atoms with E-state index in [-0.39, 0.29) is 24.9 Å². The molecule has 0 radical (unpaired) electrons. The second-order valence-corrected chi connectivity index (χ2v) is 9.79. The zero-order chi connectivity index (χ0) is 21.0. The van der Waals surface area contributed by atoms with Crippen LogP contribution in [0.4, 0.5) is 9.93 Å². The third-order valence-corrected chi connectivity index (χ3v) is 7.51. The summed E-state index contributed by atoms with van der Waals surface area (Å²) < 4.78 is 26.8. The van der Waals surface area contributed by atoms with Crippen LogP contribution in [0.3, 0.4) is 0 Å². The Morgan fingerprint density at radius 1 is 0.967 bits per heavy atom. The third kappa shape index (κ3) is 4.86. The second-order valence-electron chi connectivity index (χ2n) is 6.96. The molecule has 0 atom stereocenters. The molecule has 1 saturated heterocycles. The first-order chi connectivity index (χ1) is 14.5. The minimum absolute atomic E-state index is 0.0264. The largest absolute Gasteiger partial charge is 0.323 e. The van der Waals surface area contributed by atoms with Crippen LogP contribution in [0.2, 0.25) is 0 Å². The number of benzene rings is 2. The van der Waals surface area contributed by atoms with Gasteiger partial charge in [0.2, 0.25) is 10.0 Å². The van der Waals surface area contributed by atoms with E-state index in [1.807, 2.05) is 53.9 Å². The summed E-state index contributed by atoms with van der Waals surface area (Å²) in [5.74, 6) is -0.0264. The van der Waals surface area contributed by atoms with E-state index in [1.165, 1.54) is 15.6 Å². The van der Waals surface area contributed by atoms with Crippen molar-refractivity contribution in [3.05, 3.63) is 71.6 Å². The van der Waals surface area contributed by atoms with Crippen LogP contribution in [0.15, 0.2) is 66.0 Å². The lowest BCUT2D eigenvalue weighted by molar-refractivity contribution is 0.184. The van der Waals surface area contributed by atoms with Gasteiger partial charge in [-0.1, -0.05) is 60.7 Å². The molecule has 3 aromatic rings. The molecule has 0 aliphatic carbocycles. The lowest BCUT2D eigenvalue weighted by Crippen LogP contribution is -2.51. The molecule has 1 N–H and O–H groups in total. The molecule has 2 aromatic carbocycles. The molecule has 2 amide bonds. The van der Waals surface area contributed by atoms with Crippen molar-refractivity contribution in [1.29, 1.82) is 0 Å². The highest BCUT2D eigenvalue weighted by Crippen LogP contribution is 2.25. The first kappa shape index (κ1) is 20.5. The summed E-state index contributed by atoms with van der Waals surface area (Å²) in [6, 6.07) is 18.6. The van der Waals surface area contributed by atoms with Crippen molar-refractivity contribution in [2.24, 2.45) is 0 Å². The van der Waals surface area contributed by atoms with Gasteiger partial charge in [0.25, 0.3) is 0 Å². The van der Waals surface area contributed by atoms with E-state index in [1.54, 1.807) is 17.0 Å². The number of amides is 2. The molecular formula is C21H22N4O3S2. The van der Waals surface area contributed by atoms with E-state index < -0.39 is 10.0 Å². The van der Waals surface area contributed by atoms with Gasteiger partial charge in [-0.05, 0) is 5.56 Å². The number of sulfonamides is 1. The lowest BCUT2D eigenvalue weighted by atomic mass is 10.2. The van der Waals surface area contributed by atoms with Gasteiger partial charge in [0, 0.05) is 37.1 Å². The number of aromatic nitrogens is 1. The fourth-order valence-electron chi connectivity index (χ4n) is 3.29. The van der Waals surface area contributed by atoms with Gasteiger partial charge in [0.15, 0.2) is 5.13 Å². The summed E-state index contributed by atoms with van der Waals surface area (Å²) in [7, 11) is -3.41. The quantitative estimate of drug-likeness (QED) is 0.656. The summed E-state index contributed by atoms with van der Waals surface area (Å²) in [6.45, 7) is 1.26. The lowest BCUT2D eigenvalue weighted by Gasteiger charge is -2.33. The standard InChI is InChI=1S/C21H22N4O3S2/c26-21(23-20-22-19(15-29-20)18-9-5-2-6-10-18)24-11-13-25(14-12-24)30(27,28)16-17-7-3-1-4-8-17/h1-10,15H,11-14,16H2,(H,22,23,26). The van der Waals surface area contributed by atoms with Gasteiger partial charge in [-0.3, -0.25) is 5.32 Å². The number of nitrogens with one attached hydrogen (secondary N) is 1. The Hall–Kier alpha value is -2.75. The van der Waals surface area contributed by atoms with E-state index in [4.69, 9.17) is 0 Å². The number of anilines is 1. The topological polar surface area (TPSA) is 82.6 Å². The van der Waals surface area contributed by atoms with Crippen molar-refractivity contribution in [2.45, 2.75) is 5.75 Å². The molecule has 1 aromatic heterocycles. The van der Waals surface area contributed by atoms with Crippen LogP contribution in [0, 0.1) is 0 Å². The molecule has 0 bridgehead atoms. The van der Waals surface area contributed by atoms with Crippen molar-refractivity contribution in [3.63, 3.8) is 0 Å². The maximum absolute atomic E-state index is 12.7. The number of thiazole rings is 1. The highest BCUT2D eigenvalue weighted by atomic mass is 32.2. The summed E-state index contributed by atoms with van der Waals surface area (Å²) in [5.41, 5.74) is 2.56. The molecule has 2 heterocycles. The minimum atomic E-state index is -3.41. The van der Waals surface area contributed by atoms with Gasteiger partial charge in [0.05, 0.1) is 11.4 Å². The molecule has 0 unspecified atom stereocenters. The zero-order valence-electron chi connectivity index (χ0n) is 16.3. The van der Waals surface area contributed by atoms with Gasteiger partial charge in [0.1, 0.15) is 0 Å². The van der Waals surface area contributed by atoms with Gasteiger partial charge < -0.3 is 4.90 Å².